The fraction of sp³-hybridized carbons (Fsp3) is 0.133. The molecule has 1 heterocycles. The van der Waals surface area contributed by atoms with Gasteiger partial charge in [0.15, 0.2) is 16.4 Å². The van der Waals surface area contributed by atoms with Crippen molar-refractivity contribution in [2.75, 3.05) is 6.26 Å². The maximum Gasteiger partial charge on any atom is 0.417 e. The number of benzene rings is 1. The first-order chi connectivity index (χ1) is 12.6. The van der Waals surface area contributed by atoms with Crippen LogP contribution in [-0.2, 0) is 16.0 Å². The molecule has 2 aromatic rings. The van der Waals surface area contributed by atoms with Gasteiger partial charge in [-0.3, -0.25) is 5.32 Å². The number of halogens is 4. The molecule has 1 N–H and O–H groups in total. The van der Waals surface area contributed by atoms with Crippen molar-refractivity contribution in [2.45, 2.75) is 16.1 Å². The van der Waals surface area contributed by atoms with E-state index in [-0.39, 0.29) is 4.90 Å². The second-order valence-electron chi connectivity index (χ2n) is 4.86. The number of amidine groups is 1. The Bertz CT molecular complexity index is 1020. The highest BCUT2D eigenvalue weighted by atomic mass is 35.5. The minimum absolute atomic E-state index is 0.213. The number of aliphatic imine (C=N–C) groups is 1. The SMILES string of the molecule is CSC(=Nc1ccc(S(=O)(=O)c2ncc(C(F)(F)F)cc2Cl)cc1)NC#N. The largest absolute Gasteiger partial charge is 0.417 e. The molecule has 1 aromatic heterocycles. The highest BCUT2D eigenvalue weighted by Gasteiger charge is 2.33. The van der Waals surface area contributed by atoms with Gasteiger partial charge in [0.05, 0.1) is 21.2 Å². The van der Waals surface area contributed by atoms with Gasteiger partial charge in [-0.15, -0.1) is 0 Å². The molecule has 0 bridgehead atoms. The highest BCUT2D eigenvalue weighted by molar-refractivity contribution is 8.13. The Labute approximate surface area is 162 Å². The van der Waals surface area contributed by atoms with Crippen LogP contribution in [-0.4, -0.2) is 24.8 Å². The lowest BCUT2D eigenvalue weighted by Crippen LogP contribution is -2.12. The summed E-state index contributed by atoms with van der Waals surface area (Å²) in [7, 11) is -4.22. The predicted octanol–water partition coefficient (Wildman–Crippen LogP) is 4.01. The van der Waals surface area contributed by atoms with Gasteiger partial charge in [-0.05, 0) is 36.6 Å². The molecule has 0 aliphatic rings. The van der Waals surface area contributed by atoms with Crippen molar-refractivity contribution in [3.8, 4) is 6.19 Å². The van der Waals surface area contributed by atoms with Crippen LogP contribution in [0.3, 0.4) is 0 Å². The van der Waals surface area contributed by atoms with E-state index in [4.69, 9.17) is 16.9 Å². The van der Waals surface area contributed by atoms with Gasteiger partial charge >= 0.3 is 6.18 Å². The second kappa shape index (κ2) is 8.16. The Balaban J connectivity index is 2.39. The minimum Gasteiger partial charge on any atom is -0.271 e. The molecule has 0 spiro atoms. The predicted molar refractivity (Wildman–Crippen MR) is 95.5 cm³/mol. The van der Waals surface area contributed by atoms with E-state index in [1.54, 1.807) is 12.4 Å². The average Bonchev–Trinajstić information content (AvgIpc) is 2.60. The number of aromatic nitrogens is 1. The molecule has 27 heavy (non-hydrogen) atoms. The average molecular weight is 435 g/mol. The van der Waals surface area contributed by atoms with Crippen LogP contribution in [0.2, 0.25) is 5.02 Å². The summed E-state index contributed by atoms with van der Waals surface area (Å²) in [6, 6.07) is 5.70. The van der Waals surface area contributed by atoms with Gasteiger partial charge in [0.25, 0.3) is 0 Å². The van der Waals surface area contributed by atoms with Crippen LogP contribution in [0.25, 0.3) is 0 Å². The molecule has 142 valence electrons. The zero-order valence-electron chi connectivity index (χ0n) is 13.5. The number of nitriles is 1. The zero-order chi connectivity index (χ0) is 20.2. The van der Waals surface area contributed by atoms with Gasteiger partial charge in [0, 0.05) is 6.20 Å². The molecule has 1 aromatic carbocycles. The lowest BCUT2D eigenvalue weighted by Gasteiger charge is -2.10. The molecular formula is C15H10ClF3N4O2S2. The number of thioether (sulfide) groups is 1. The van der Waals surface area contributed by atoms with E-state index in [1.807, 2.05) is 0 Å². The molecule has 0 aliphatic carbocycles. The van der Waals surface area contributed by atoms with Crippen molar-refractivity contribution >= 4 is 44.1 Å². The van der Waals surface area contributed by atoms with E-state index in [0.717, 1.165) is 0 Å². The van der Waals surface area contributed by atoms with E-state index in [0.29, 0.717) is 23.1 Å². The van der Waals surface area contributed by atoms with Gasteiger partial charge in [-0.25, -0.2) is 18.4 Å². The summed E-state index contributed by atoms with van der Waals surface area (Å²) in [6.45, 7) is 0. The van der Waals surface area contributed by atoms with Gasteiger partial charge in [-0.1, -0.05) is 23.4 Å². The summed E-state index contributed by atoms with van der Waals surface area (Å²) in [5, 5.41) is 9.95. The van der Waals surface area contributed by atoms with E-state index in [2.05, 4.69) is 15.3 Å². The van der Waals surface area contributed by atoms with Gasteiger partial charge in [0.2, 0.25) is 9.84 Å². The van der Waals surface area contributed by atoms with Crippen LogP contribution in [0, 0.1) is 11.5 Å². The third-order valence-electron chi connectivity index (χ3n) is 3.12. The Morgan fingerprint density at radius 2 is 1.96 bits per heavy atom. The fourth-order valence-electron chi connectivity index (χ4n) is 1.88. The standard InChI is InChI=1S/C15H10ClF3N4O2S2/c1-26-14(22-8-20)23-10-2-4-11(5-3-10)27(24,25)13-12(16)6-9(7-21-13)15(17,18)19/h2-7H,1H3,(H,22,23). The molecule has 0 amide bonds. The summed E-state index contributed by atoms with van der Waals surface area (Å²) < 4.78 is 63.2. The highest BCUT2D eigenvalue weighted by Crippen LogP contribution is 2.33. The van der Waals surface area contributed by atoms with Gasteiger partial charge in [-0.2, -0.15) is 18.4 Å². The number of pyridine rings is 1. The van der Waals surface area contributed by atoms with Crippen molar-refractivity contribution in [3.63, 3.8) is 0 Å². The first-order valence-corrected chi connectivity index (χ1v) is 10.0. The van der Waals surface area contributed by atoms with Crippen LogP contribution in [0.4, 0.5) is 18.9 Å². The number of hydrogen-bond donors (Lipinski definition) is 1. The first kappa shape index (κ1) is 21.0. The summed E-state index contributed by atoms with van der Waals surface area (Å²) in [4.78, 5) is 7.27. The number of nitrogens with zero attached hydrogens (tertiary/aromatic N) is 3. The van der Waals surface area contributed by atoms with Crippen molar-refractivity contribution in [3.05, 3.63) is 47.1 Å². The fourth-order valence-corrected chi connectivity index (χ4v) is 3.92. The van der Waals surface area contributed by atoms with Gasteiger partial charge in [0.1, 0.15) is 0 Å². The number of sulfone groups is 1. The van der Waals surface area contributed by atoms with Crippen LogP contribution in [0.1, 0.15) is 5.56 Å². The zero-order valence-corrected chi connectivity index (χ0v) is 15.8. The van der Waals surface area contributed by atoms with Crippen LogP contribution >= 0.6 is 23.4 Å². The molecule has 0 radical (unpaired) electrons. The van der Waals surface area contributed by atoms with E-state index < -0.39 is 31.6 Å². The normalized spacial score (nSPS) is 12.5. The summed E-state index contributed by atoms with van der Waals surface area (Å²) in [5.41, 5.74) is -0.779. The smallest absolute Gasteiger partial charge is 0.271 e. The maximum atomic E-state index is 12.7. The number of nitrogens with one attached hydrogen (secondary N) is 1. The van der Waals surface area contributed by atoms with Crippen molar-refractivity contribution in [1.82, 2.24) is 10.3 Å². The third-order valence-corrected chi connectivity index (χ3v) is 5.83. The summed E-state index contributed by atoms with van der Waals surface area (Å²) in [6.07, 6.45) is -0.865. The van der Waals surface area contributed by atoms with Crippen LogP contribution in [0.15, 0.2) is 51.4 Å². The third kappa shape index (κ3) is 4.91. The number of alkyl halides is 3. The Morgan fingerprint density at radius 3 is 2.44 bits per heavy atom. The Morgan fingerprint density at radius 1 is 1.33 bits per heavy atom. The molecule has 0 unspecified atom stereocenters. The lowest BCUT2D eigenvalue weighted by molar-refractivity contribution is -0.137. The molecule has 0 saturated carbocycles. The first-order valence-electron chi connectivity index (χ1n) is 6.95. The molecule has 0 atom stereocenters. The molecular weight excluding hydrogens is 425 g/mol. The molecule has 6 nitrogen and oxygen atoms in total. The maximum absolute atomic E-state index is 12.7. The minimum atomic E-state index is -4.69. The second-order valence-corrected chi connectivity index (χ2v) is 7.93. The van der Waals surface area contributed by atoms with E-state index in [9.17, 15) is 21.6 Å². The van der Waals surface area contributed by atoms with Crippen LogP contribution < -0.4 is 5.32 Å². The van der Waals surface area contributed by atoms with E-state index >= 15 is 0 Å². The number of rotatable bonds is 3. The summed E-state index contributed by atoms with van der Waals surface area (Å²) >= 11 is 6.90. The number of hydrogen-bond acceptors (Lipinski definition) is 6. The molecule has 2 rings (SSSR count). The Hall–Kier alpha value is -2.29. The van der Waals surface area contributed by atoms with E-state index in [1.165, 1.54) is 36.0 Å². The molecule has 0 fully saturated rings. The van der Waals surface area contributed by atoms with Crippen molar-refractivity contribution in [2.24, 2.45) is 4.99 Å². The topological polar surface area (TPSA) is 95.2 Å². The van der Waals surface area contributed by atoms with Crippen LogP contribution in [0.5, 0.6) is 0 Å². The lowest BCUT2D eigenvalue weighted by atomic mass is 10.3. The molecule has 0 aliphatic heterocycles. The molecule has 0 saturated heterocycles. The van der Waals surface area contributed by atoms with Gasteiger partial charge < -0.3 is 0 Å². The van der Waals surface area contributed by atoms with Crippen molar-refractivity contribution in [1.29, 1.82) is 5.26 Å². The Kier molecular flexibility index (Phi) is 6.35. The monoisotopic (exact) mass is 434 g/mol. The summed E-state index contributed by atoms with van der Waals surface area (Å²) in [5.74, 6) is 0. The van der Waals surface area contributed by atoms with Crippen molar-refractivity contribution < 1.29 is 21.6 Å². The quantitative estimate of drug-likeness (QED) is 0.339. The molecule has 12 heteroatoms.